The second kappa shape index (κ2) is 6.26. The van der Waals surface area contributed by atoms with Gasteiger partial charge in [0.05, 0.1) is 24.2 Å². The minimum atomic E-state index is -0.914. The van der Waals surface area contributed by atoms with E-state index in [9.17, 15) is 19.2 Å². The van der Waals surface area contributed by atoms with E-state index >= 15 is 0 Å². The number of hydrogen-bond donors (Lipinski definition) is 3. The van der Waals surface area contributed by atoms with Crippen LogP contribution in [0.25, 0.3) is 0 Å². The molecule has 0 aromatic carbocycles. The number of carbonyl (C=O) groups is 4. The van der Waals surface area contributed by atoms with Crippen LogP contribution in [0.15, 0.2) is 12.1 Å². The van der Waals surface area contributed by atoms with Crippen LogP contribution < -0.4 is 10.6 Å². The van der Waals surface area contributed by atoms with Gasteiger partial charge in [0, 0.05) is 13.0 Å². The van der Waals surface area contributed by atoms with Gasteiger partial charge in [-0.05, 0) is 18.6 Å². The Labute approximate surface area is 137 Å². The number of hydrogen-bond acceptors (Lipinski definition) is 6. The summed E-state index contributed by atoms with van der Waals surface area (Å²) in [6, 6.07) is 2.54. The highest BCUT2D eigenvalue weighted by Gasteiger charge is 2.39. The summed E-state index contributed by atoms with van der Waals surface area (Å²) in [7, 11) is 0. The standard InChI is InChI=1S/C15H16N4O5/c20-12-4-2-10(14(23)18-12)19-7-9-8(15(19)24)1-3-11(17-9)16-6-5-13(21)22/h1,3,10H,2,4-7H2,(H,16,17)(H,21,22)(H,18,20,23). The smallest absolute Gasteiger partial charge is 0.305 e. The highest BCUT2D eigenvalue weighted by molar-refractivity contribution is 6.05. The Morgan fingerprint density at radius 3 is 2.88 bits per heavy atom. The number of pyridine rings is 1. The van der Waals surface area contributed by atoms with Crippen LogP contribution in [-0.4, -0.2) is 51.3 Å². The number of imide groups is 1. The van der Waals surface area contributed by atoms with Crippen molar-refractivity contribution in [3.63, 3.8) is 0 Å². The third-order valence-corrected chi connectivity index (χ3v) is 4.02. The van der Waals surface area contributed by atoms with E-state index in [0.717, 1.165) is 0 Å². The summed E-state index contributed by atoms with van der Waals surface area (Å²) >= 11 is 0. The van der Waals surface area contributed by atoms with Crippen LogP contribution in [0.4, 0.5) is 5.82 Å². The summed E-state index contributed by atoms with van der Waals surface area (Å²) in [5, 5.41) is 13.8. The van der Waals surface area contributed by atoms with Crippen molar-refractivity contribution in [2.75, 3.05) is 11.9 Å². The van der Waals surface area contributed by atoms with Gasteiger partial charge >= 0.3 is 5.97 Å². The molecule has 9 heteroatoms. The van der Waals surface area contributed by atoms with Crippen LogP contribution in [0.1, 0.15) is 35.3 Å². The van der Waals surface area contributed by atoms with E-state index in [4.69, 9.17) is 5.11 Å². The highest BCUT2D eigenvalue weighted by Crippen LogP contribution is 2.27. The Kier molecular flexibility index (Phi) is 4.15. The second-order valence-electron chi connectivity index (χ2n) is 5.66. The van der Waals surface area contributed by atoms with E-state index in [1.165, 1.54) is 4.90 Å². The first-order valence-electron chi connectivity index (χ1n) is 7.56. The maximum Gasteiger partial charge on any atom is 0.305 e. The molecule has 3 rings (SSSR count). The van der Waals surface area contributed by atoms with Crippen molar-refractivity contribution < 1.29 is 24.3 Å². The maximum atomic E-state index is 12.5. The minimum absolute atomic E-state index is 0.0416. The number of nitrogens with one attached hydrogen (secondary N) is 2. The lowest BCUT2D eigenvalue weighted by Crippen LogP contribution is -2.52. The third kappa shape index (κ3) is 3.05. The molecule has 1 saturated heterocycles. The van der Waals surface area contributed by atoms with E-state index in [1.807, 2.05) is 0 Å². The molecule has 126 valence electrons. The van der Waals surface area contributed by atoms with E-state index in [1.54, 1.807) is 12.1 Å². The lowest BCUT2D eigenvalue weighted by Gasteiger charge is -2.29. The van der Waals surface area contributed by atoms with Crippen molar-refractivity contribution >= 4 is 29.5 Å². The van der Waals surface area contributed by atoms with Gasteiger partial charge in [0.2, 0.25) is 11.8 Å². The van der Waals surface area contributed by atoms with Gasteiger partial charge in [0.25, 0.3) is 5.91 Å². The zero-order chi connectivity index (χ0) is 17.3. The van der Waals surface area contributed by atoms with Gasteiger partial charge in [-0.1, -0.05) is 0 Å². The summed E-state index contributed by atoms with van der Waals surface area (Å²) < 4.78 is 0. The van der Waals surface area contributed by atoms with Gasteiger partial charge in [0.1, 0.15) is 11.9 Å². The van der Waals surface area contributed by atoms with Gasteiger partial charge in [-0.15, -0.1) is 0 Å². The molecule has 1 aromatic heterocycles. The van der Waals surface area contributed by atoms with Crippen molar-refractivity contribution in [1.29, 1.82) is 0 Å². The summed E-state index contributed by atoms with van der Waals surface area (Å²) in [6.45, 7) is 0.417. The summed E-state index contributed by atoms with van der Waals surface area (Å²) in [6.07, 6.45) is 0.458. The van der Waals surface area contributed by atoms with E-state index in [2.05, 4.69) is 15.6 Å². The molecule has 1 atom stereocenters. The van der Waals surface area contributed by atoms with Gasteiger partial charge < -0.3 is 15.3 Å². The van der Waals surface area contributed by atoms with E-state index in [0.29, 0.717) is 23.5 Å². The number of amides is 3. The Morgan fingerprint density at radius 1 is 1.38 bits per heavy atom. The largest absolute Gasteiger partial charge is 0.481 e. The number of rotatable bonds is 5. The molecule has 24 heavy (non-hydrogen) atoms. The van der Waals surface area contributed by atoms with Crippen LogP contribution >= 0.6 is 0 Å². The fourth-order valence-electron chi connectivity index (χ4n) is 2.83. The molecule has 2 aliphatic heterocycles. The van der Waals surface area contributed by atoms with Gasteiger partial charge in [-0.2, -0.15) is 0 Å². The van der Waals surface area contributed by atoms with Gasteiger partial charge in [0.15, 0.2) is 0 Å². The van der Waals surface area contributed by atoms with Crippen LogP contribution in [0.2, 0.25) is 0 Å². The number of carboxylic acid groups (broad SMARTS) is 1. The number of carbonyl (C=O) groups excluding carboxylic acids is 3. The van der Waals surface area contributed by atoms with E-state index in [-0.39, 0.29) is 37.7 Å². The number of anilines is 1. The Hall–Kier alpha value is -2.97. The highest BCUT2D eigenvalue weighted by atomic mass is 16.4. The molecule has 3 amide bonds. The van der Waals surface area contributed by atoms with Crippen LogP contribution in [-0.2, 0) is 20.9 Å². The second-order valence-corrected chi connectivity index (χ2v) is 5.66. The Morgan fingerprint density at radius 2 is 2.17 bits per heavy atom. The Bertz CT molecular complexity index is 733. The van der Waals surface area contributed by atoms with Crippen LogP contribution in [0, 0.1) is 0 Å². The van der Waals surface area contributed by atoms with E-state index < -0.39 is 17.9 Å². The average molecular weight is 332 g/mol. The molecular weight excluding hydrogens is 316 g/mol. The molecule has 3 heterocycles. The zero-order valence-electron chi connectivity index (χ0n) is 12.7. The first-order valence-corrected chi connectivity index (χ1v) is 7.56. The third-order valence-electron chi connectivity index (χ3n) is 4.02. The van der Waals surface area contributed by atoms with Crippen molar-refractivity contribution in [2.45, 2.75) is 31.8 Å². The molecule has 2 aliphatic rings. The van der Waals surface area contributed by atoms with Gasteiger partial charge in [-0.3, -0.25) is 24.5 Å². The maximum absolute atomic E-state index is 12.5. The van der Waals surface area contributed by atoms with Crippen LogP contribution in [0.3, 0.4) is 0 Å². The fraction of sp³-hybridized carbons (Fsp3) is 0.400. The molecule has 9 nitrogen and oxygen atoms in total. The summed E-state index contributed by atoms with van der Waals surface area (Å²) in [5.41, 5.74) is 0.952. The first kappa shape index (κ1) is 15.9. The zero-order valence-corrected chi connectivity index (χ0v) is 12.7. The van der Waals surface area contributed by atoms with Crippen LogP contribution in [0.5, 0.6) is 0 Å². The number of nitrogens with zero attached hydrogens (tertiary/aromatic N) is 2. The number of piperidine rings is 1. The average Bonchev–Trinajstić information content (AvgIpc) is 2.83. The predicted molar refractivity (Wildman–Crippen MR) is 81.0 cm³/mol. The fourth-order valence-corrected chi connectivity index (χ4v) is 2.83. The van der Waals surface area contributed by atoms with Crippen molar-refractivity contribution in [2.24, 2.45) is 0 Å². The quantitative estimate of drug-likeness (QED) is 0.633. The van der Waals surface area contributed by atoms with Crippen molar-refractivity contribution in [1.82, 2.24) is 15.2 Å². The molecular formula is C15H16N4O5. The number of fused-ring (bicyclic) bond motifs is 1. The Balaban J connectivity index is 1.71. The topological polar surface area (TPSA) is 129 Å². The van der Waals surface area contributed by atoms with Crippen molar-refractivity contribution in [3.8, 4) is 0 Å². The SMILES string of the molecule is O=C(O)CCNc1ccc2c(n1)CN(C1CCC(=O)NC1=O)C2=O. The number of carboxylic acids is 1. The lowest BCUT2D eigenvalue weighted by atomic mass is 10.0. The molecule has 1 aromatic rings. The molecule has 1 fully saturated rings. The predicted octanol–water partition coefficient (Wildman–Crippen LogP) is -0.271. The molecule has 0 bridgehead atoms. The molecule has 1 unspecified atom stereocenters. The minimum Gasteiger partial charge on any atom is -0.481 e. The van der Waals surface area contributed by atoms with Crippen molar-refractivity contribution in [3.05, 3.63) is 23.4 Å². The summed E-state index contributed by atoms with van der Waals surface area (Å²) in [5.74, 6) is -1.52. The normalized spacial score (nSPS) is 19.9. The molecule has 0 spiro atoms. The number of aromatic nitrogens is 1. The molecule has 0 saturated carbocycles. The first-order chi connectivity index (χ1) is 11.5. The molecule has 0 radical (unpaired) electrons. The summed E-state index contributed by atoms with van der Waals surface area (Å²) in [4.78, 5) is 51.9. The lowest BCUT2D eigenvalue weighted by molar-refractivity contribution is -0.138. The molecule has 3 N–H and O–H groups in total. The monoisotopic (exact) mass is 332 g/mol. The number of aliphatic carboxylic acids is 1. The van der Waals surface area contributed by atoms with Gasteiger partial charge in [-0.25, -0.2) is 4.98 Å². The molecule has 0 aliphatic carbocycles.